The molecule has 0 aliphatic heterocycles. The number of hydrazine groups is 1. The number of thiocarbonyl (C=S) groups is 1. The molecular weight excluding hydrogens is 391 g/mol. The van der Waals surface area contributed by atoms with E-state index >= 15 is 0 Å². The minimum absolute atomic E-state index is 0.262. The maximum atomic E-state index is 12.8. The number of nitrogens with two attached hydrogens (primary N) is 1. The van der Waals surface area contributed by atoms with E-state index in [4.69, 9.17) is 29.7 Å². The molecule has 0 radical (unpaired) electrons. The molecule has 0 amide bonds. The van der Waals surface area contributed by atoms with Crippen molar-refractivity contribution in [3.63, 3.8) is 0 Å². The standard InChI is InChI=1S/C14H11ClF3N3S2.C2H6/c15-12-6-5-10(7-11(12)14(16,17)18)23-9-3-1-8(2-4-9)20-13(22)21-19;1-2/h1-7H,19H2,(H2,20,21,22);1-2H3. The Morgan fingerprint density at radius 3 is 2.16 bits per heavy atom. The SMILES string of the molecule is CC.NNC(=S)Nc1ccc(Sc2ccc(Cl)c(C(F)(F)F)c2)cc1. The van der Waals surface area contributed by atoms with Crippen LogP contribution in [-0.2, 0) is 6.18 Å². The van der Waals surface area contributed by atoms with Crippen molar-refractivity contribution in [1.29, 1.82) is 0 Å². The van der Waals surface area contributed by atoms with Crippen LogP contribution < -0.4 is 16.6 Å². The summed E-state index contributed by atoms with van der Waals surface area (Å²) in [5, 5.41) is 2.79. The van der Waals surface area contributed by atoms with Crippen LogP contribution in [0.25, 0.3) is 0 Å². The van der Waals surface area contributed by atoms with E-state index in [0.29, 0.717) is 10.6 Å². The number of rotatable bonds is 3. The highest BCUT2D eigenvalue weighted by Crippen LogP contribution is 2.38. The van der Waals surface area contributed by atoms with Crippen molar-refractivity contribution in [2.75, 3.05) is 5.32 Å². The van der Waals surface area contributed by atoms with Crippen molar-refractivity contribution >= 4 is 46.4 Å². The minimum Gasteiger partial charge on any atom is -0.332 e. The first kappa shape index (κ1) is 21.6. The van der Waals surface area contributed by atoms with Crippen molar-refractivity contribution in [1.82, 2.24) is 5.43 Å². The normalized spacial score (nSPS) is 10.5. The number of nitrogens with one attached hydrogen (secondary N) is 2. The number of hydrogen-bond donors (Lipinski definition) is 3. The molecule has 0 heterocycles. The highest BCUT2D eigenvalue weighted by atomic mass is 35.5. The Labute approximate surface area is 159 Å². The van der Waals surface area contributed by atoms with Gasteiger partial charge < -0.3 is 10.7 Å². The predicted molar refractivity (Wildman–Crippen MR) is 102 cm³/mol. The maximum Gasteiger partial charge on any atom is 0.417 e. The Morgan fingerprint density at radius 1 is 1.08 bits per heavy atom. The molecule has 136 valence electrons. The highest BCUT2D eigenvalue weighted by molar-refractivity contribution is 7.99. The summed E-state index contributed by atoms with van der Waals surface area (Å²) in [5.74, 6) is 5.15. The van der Waals surface area contributed by atoms with Gasteiger partial charge in [0.25, 0.3) is 0 Å². The summed E-state index contributed by atoms with van der Waals surface area (Å²) in [5.41, 5.74) is 2.16. The topological polar surface area (TPSA) is 50.1 Å². The summed E-state index contributed by atoms with van der Waals surface area (Å²) < 4.78 is 38.5. The zero-order chi connectivity index (χ0) is 19.0. The Kier molecular flexibility index (Phi) is 8.51. The van der Waals surface area contributed by atoms with Crippen LogP contribution in [0.5, 0.6) is 0 Å². The van der Waals surface area contributed by atoms with Gasteiger partial charge in [-0.3, -0.25) is 0 Å². The molecule has 25 heavy (non-hydrogen) atoms. The molecule has 0 unspecified atom stereocenters. The van der Waals surface area contributed by atoms with Gasteiger partial charge in [0.2, 0.25) is 0 Å². The van der Waals surface area contributed by atoms with Crippen LogP contribution in [0.15, 0.2) is 52.3 Å². The fourth-order valence-corrected chi connectivity index (χ4v) is 2.89. The van der Waals surface area contributed by atoms with Gasteiger partial charge in [-0.2, -0.15) is 13.2 Å². The molecule has 0 spiro atoms. The Morgan fingerprint density at radius 2 is 1.64 bits per heavy atom. The summed E-state index contributed by atoms with van der Waals surface area (Å²) in [6, 6.07) is 10.8. The van der Waals surface area contributed by atoms with Crippen molar-refractivity contribution in [3.8, 4) is 0 Å². The third kappa shape index (κ3) is 6.74. The third-order valence-corrected chi connectivity index (χ3v) is 4.27. The van der Waals surface area contributed by atoms with Crippen LogP contribution in [0.2, 0.25) is 5.02 Å². The lowest BCUT2D eigenvalue weighted by atomic mass is 10.2. The monoisotopic (exact) mass is 407 g/mol. The minimum atomic E-state index is -4.48. The van der Waals surface area contributed by atoms with Crippen molar-refractivity contribution in [2.45, 2.75) is 29.8 Å². The Hall–Kier alpha value is -1.48. The van der Waals surface area contributed by atoms with Gasteiger partial charge in [-0.15, -0.1) is 0 Å². The summed E-state index contributed by atoms with van der Waals surface area (Å²) in [6.07, 6.45) is -4.48. The van der Waals surface area contributed by atoms with E-state index in [-0.39, 0.29) is 10.1 Å². The molecule has 0 aliphatic rings. The van der Waals surface area contributed by atoms with Crippen LogP contribution in [-0.4, -0.2) is 5.11 Å². The molecule has 2 rings (SSSR count). The van der Waals surface area contributed by atoms with Crippen LogP contribution >= 0.6 is 35.6 Å². The van der Waals surface area contributed by atoms with Crippen LogP contribution in [0.4, 0.5) is 18.9 Å². The number of benzene rings is 2. The zero-order valence-electron chi connectivity index (χ0n) is 13.4. The van der Waals surface area contributed by atoms with Crippen LogP contribution in [0.1, 0.15) is 19.4 Å². The molecule has 0 bridgehead atoms. The number of anilines is 1. The number of halogens is 4. The van der Waals surface area contributed by atoms with Crippen molar-refractivity contribution in [3.05, 3.63) is 53.1 Å². The van der Waals surface area contributed by atoms with Crippen molar-refractivity contribution in [2.24, 2.45) is 5.84 Å². The first-order chi connectivity index (χ1) is 11.8. The molecule has 3 nitrogen and oxygen atoms in total. The van der Waals surface area contributed by atoms with E-state index in [0.717, 1.165) is 11.0 Å². The van der Waals surface area contributed by atoms with Gasteiger partial charge in [0.15, 0.2) is 5.11 Å². The van der Waals surface area contributed by atoms with Gasteiger partial charge in [-0.1, -0.05) is 37.2 Å². The van der Waals surface area contributed by atoms with Gasteiger partial charge in [-0.25, -0.2) is 5.84 Å². The number of alkyl halides is 3. The van der Waals surface area contributed by atoms with E-state index in [2.05, 4.69) is 10.7 Å². The quantitative estimate of drug-likeness (QED) is 0.346. The average molecular weight is 408 g/mol. The van der Waals surface area contributed by atoms with Gasteiger partial charge in [-0.05, 0) is 54.7 Å². The van der Waals surface area contributed by atoms with E-state index in [1.54, 1.807) is 30.3 Å². The molecule has 0 aromatic heterocycles. The first-order valence-electron chi connectivity index (χ1n) is 7.22. The largest absolute Gasteiger partial charge is 0.417 e. The molecule has 0 fully saturated rings. The second kappa shape index (κ2) is 9.86. The Bertz CT molecular complexity index is 707. The Balaban J connectivity index is 0.00000151. The third-order valence-electron chi connectivity index (χ3n) is 2.72. The van der Waals surface area contributed by atoms with Gasteiger partial charge in [0, 0.05) is 15.5 Å². The lowest BCUT2D eigenvalue weighted by Gasteiger charge is -2.11. The molecule has 0 aliphatic carbocycles. The molecular formula is C16H17ClF3N3S2. The second-order valence-corrected chi connectivity index (χ2v) is 6.33. The molecule has 4 N–H and O–H groups in total. The maximum absolute atomic E-state index is 12.8. The van der Waals surface area contributed by atoms with E-state index in [1.807, 2.05) is 13.8 Å². The lowest BCUT2D eigenvalue weighted by Crippen LogP contribution is -2.34. The summed E-state index contributed by atoms with van der Waals surface area (Å²) in [6.45, 7) is 4.00. The molecule has 2 aromatic rings. The molecule has 0 saturated carbocycles. The molecule has 0 atom stereocenters. The first-order valence-corrected chi connectivity index (χ1v) is 8.82. The average Bonchev–Trinajstić information content (AvgIpc) is 2.59. The van der Waals surface area contributed by atoms with Gasteiger partial charge in [0.05, 0.1) is 10.6 Å². The van der Waals surface area contributed by atoms with Crippen LogP contribution in [0, 0.1) is 0 Å². The van der Waals surface area contributed by atoms with Crippen molar-refractivity contribution < 1.29 is 13.2 Å². The fraction of sp³-hybridized carbons (Fsp3) is 0.188. The zero-order valence-corrected chi connectivity index (χ0v) is 15.8. The fourth-order valence-electron chi connectivity index (χ4n) is 1.69. The van der Waals surface area contributed by atoms with Gasteiger partial charge >= 0.3 is 6.18 Å². The lowest BCUT2D eigenvalue weighted by molar-refractivity contribution is -0.137. The number of hydrogen-bond acceptors (Lipinski definition) is 3. The summed E-state index contributed by atoms with van der Waals surface area (Å²) >= 11 is 11.7. The summed E-state index contributed by atoms with van der Waals surface area (Å²) in [4.78, 5) is 1.22. The van der Waals surface area contributed by atoms with Gasteiger partial charge in [0.1, 0.15) is 0 Å². The smallest absolute Gasteiger partial charge is 0.332 e. The highest BCUT2D eigenvalue weighted by Gasteiger charge is 2.33. The summed E-state index contributed by atoms with van der Waals surface area (Å²) in [7, 11) is 0. The predicted octanol–water partition coefficient (Wildman–Crippen LogP) is 5.70. The van der Waals surface area contributed by atoms with E-state index < -0.39 is 11.7 Å². The van der Waals surface area contributed by atoms with E-state index in [1.165, 1.54) is 17.8 Å². The van der Waals surface area contributed by atoms with E-state index in [9.17, 15) is 13.2 Å². The van der Waals surface area contributed by atoms with Crippen LogP contribution in [0.3, 0.4) is 0 Å². The molecule has 2 aromatic carbocycles. The molecule has 0 saturated heterocycles. The molecule has 9 heteroatoms. The second-order valence-electron chi connectivity index (χ2n) is 4.36.